The van der Waals surface area contributed by atoms with E-state index >= 15 is 0 Å². The first-order chi connectivity index (χ1) is 14.7. The Bertz CT molecular complexity index is 1010. The quantitative estimate of drug-likeness (QED) is 0.523. The summed E-state index contributed by atoms with van der Waals surface area (Å²) in [6.07, 6.45) is 1.25. The molecule has 168 valence electrons. The molecule has 2 amide bonds. The van der Waals surface area contributed by atoms with Gasteiger partial charge in [-0.1, -0.05) is 30.7 Å². The van der Waals surface area contributed by atoms with Crippen LogP contribution in [0, 0.1) is 0 Å². The number of sulfonamides is 1. The molecule has 0 saturated carbocycles. The van der Waals surface area contributed by atoms with Crippen LogP contribution in [0.4, 0.5) is 11.4 Å². The summed E-state index contributed by atoms with van der Waals surface area (Å²) in [6.45, 7) is 2.37. The molecular formula is C21H26ClN3O5S. The highest BCUT2D eigenvalue weighted by Crippen LogP contribution is 2.25. The summed E-state index contributed by atoms with van der Waals surface area (Å²) in [5.41, 5.74) is 0.865. The molecule has 8 nitrogen and oxygen atoms in total. The minimum atomic E-state index is -3.78. The first kappa shape index (κ1) is 24.6. The Balaban J connectivity index is 2.32. The number of amides is 2. The number of methoxy groups -OCH3 is 1. The fraction of sp³-hybridized carbons (Fsp3) is 0.333. The molecule has 2 aromatic rings. The van der Waals surface area contributed by atoms with E-state index in [2.05, 4.69) is 10.6 Å². The lowest BCUT2D eigenvalue weighted by Crippen LogP contribution is -2.47. The normalized spacial score (nSPS) is 12.1. The average molecular weight is 468 g/mol. The van der Waals surface area contributed by atoms with Crippen LogP contribution in [0.1, 0.15) is 23.7 Å². The van der Waals surface area contributed by atoms with E-state index in [1.54, 1.807) is 43.3 Å². The van der Waals surface area contributed by atoms with Gasteiger partial charge in [-0.15, -0.1) is 0 Å². The smallest absolute Gasteiger partial charge is 0.253 e. The predicted molar refractivity (Wildman–Crippen MR) is 122 cm³/mol. The molecule has 0 aromatic heterocycles. The number of hydrogen-bond acceptors (Lipinski definition) is 5. The van der Waals surface area contributed by atoms with E-state index in [9.17, 15) is 18.0 Å². The van der Waals surface area contributed by atoms with Gasteiger partial charge in [0.15, 0.2) is 0 Å². The Morgan fingerprint density at radius 1 is 1.13 bits per heavy atom. The zero-order valence-electron chi connectivity index (χ0n) is 17.6. The molecule has 2 N–H and O–H groups in total. The maximum Gasteiger partial charge on any atom is 0.253 e. The minimum Gasteiger partial charge on any atom is -0.383 e. The van der Waals surface area contributed by atoms with Gasteiger partial charge in [0, 0.05) is 18.7 Å². The first-order valence-corrected chi connectivity index (χ1v) is 11.8. The van der Waals surface area contributed by atoms with Crippen molar-refractivity contribution in [3.8, 4) is 0 Å². The van der Waals surface area contributed by atoms with Crippen LogP contribution < -0.4 is 14.9 Å². The maximum atomic E-state index is 13.1. The van der Waals surface area contributed by atoms with Crippen molar-refractivity contribution in [3.63, 3.8) is 0 Å². The van der Waals surface area contributed by atoms with Crippen molar-refractivity contribution in [1.82, 2.24) is 5.32 Å². The molecule has 1 atom stereocenters. The van der Waals surface area contributed by atoms with Crippen molar-refractivity contribution < 1.29 is 22.7 Å². The molecule has 0 aliphatic heterocycles. The molecule has 0 aliphatic rings. The highest BCUT2D eigenvalue weighted by molar-refractivity contribution is 7.92. The number of carbonyl (C=O) groups is 2. The summed E-state index contributed by atoms with van der Waals surface area (Å²) in [5, 5.41) is 5.85. The number of anilines is 2. The van der Waals surface area contributed by atoms with Crippen molar-refractivity contribution in [2.45, 2.75) is 19.4 Å². The highest BCUT2D eigenvalue weighted by atomic mass is 35.5. The molecule has 0 unspecified atom stereocenters. The fourth-order valence-corrected chi connectivity index (χ4v) is 4.35. The van der Waals surface area contributed by atoms with E-state index in [-0.39, 0.29) is 23.6 Å². The fourth-order valence-electron chi connectivity index (χ4n) is 3.02. The molecule has 0 saturated heterocycles. The minimum absolute atomic E-state index is 0.212. The van der Waals surface area contributed by atoms with Crippen LogP contribution in [-0.4, -0.2) is 52.8 Å². The molecule has 0 aliphatic carbocycles. The van der Waals surface area contributed by atoms with Gasteiger partial charge in [-0.3, -0.25) is 13.9 Å². The number of halogens is 1. The van der Waals surface area contributed by atoms with E-state index in [0.29, 0.717) is 23.9 Å². The van der Waals surface area contributed by atoms with E-state index in [0.717, 1.165) is 10.6 Å². The van der Waals surface area contributed by atoms with Crippen molar-refractivity contribution >= 4 is 44.8 Å². The highest BCUT2D eigenvalue weighted by Gasteiger charge is 2.32. The Morgan fingerprint density at radius 3 is 2.35 bits per heavy atom. The van der Waals surface area contributed by atoms with E-state index in [1.807, 2.05) is 0 Å². The lowest BCUT2D eigenvalue weighted by molar-refractivity contribution is -0.117. The van der Waals surface area contributed by atoms with Crippen LogP contribution in [0.2, 0.25) is 5.02 Å². The topological polar surface area (TPSA) is 105 Å². The molecule has 10 heteroatoms. The third-order valence-corrected chi connectivity index (χ3v) is 5.86. The summed E-state index contributed by atoms with van der Waals surface area (Å²) in [7, 11) is -2.26. The lowest BCUT2D eigenvalue weighted by atomic mass is 10.1. The van der Waals surface area contributed by atoms with Crippen molar-refractivity contribution in [2.24, 2.45) is 0 Å². The summed E-state index contributed by atoms with van der Waals surface area (Å²) in [4.78, 5) is 25.6. The van der Waals surface area contributed by atoms with Gasteiger partial charge in [-0.25, -0.2) is 8.42 Å². The van der Waals surface area contributed by atoms with Crippen LogP contribution in [0.15, 0.2) is 48.5 Å². The molecule has 31 heavy (non-hydrogen) atoms. The maximum absolute atomic E-state index is 13.1. The van der Waals surface area contributed by atoms with Gasteiger partial charge in [0.05, 0.1) is 29.8 Å². The largest absolute Gasteiger partial charge is 0.383 e. The van der Waals surface area contributed by atoms with Crippen LogP contribution in [-0.2, 0) is 19.6 Å². The summed E-state index contributed by atoms with van der Waals surface area (Å²) in [5.74, 6) is -0.932. The number of carbonyl (C=O) groups excluding carboxylic acids is 2. The molecule has 2 rings (SSSR count). The van der Waals surface area contributed by atoms with Gasteiger partial charge in [0.1, 0.15) is 6.04 Å². The van der Waals surface area contributed by atoms with Crippen LogP contribution in [0.5, 0.6) is 0 Å². The molecule has 0 heterocycles. The number of hydrogen-bond donors (Lipinski definition) is 2. The predicted octanol–water partition coefficient (Wildman–Crippen LogP) is 2.90. The second kappa shape index (κ2) is 11.1. The Morgan fingerprint density at radius 2 is 1.77 bits per heavy atom. The third-order valence-electron chi connectivity index (χ3n) is 4.43. The summed E-state index contributed by atoms with van der Waals surface area (Å²) >= 11 is 5.91. The average Bonchev–Trinajstić information content (AvgIpc) is 2.72. The van der Waals surface area contributed by atoms with Crippen molar-refractivity contribution in [1.29, 1.82) is 0 Å². The Labute approximate surface area is 187 Å². The van der Waals surface area contributed by atoms with Gasteiger partial charge >= 0.3 is 0 Å². The lowest BCUT2D eigenvalue weighted by Gasteiger charge is -2.30. The van der Waals surface area contributed by atoms with Gasteiger partial charge in [0.2, 0.25) is 15.9 Å². The van der Waals surface area contributed by atoms with Crippen LogP contribution in [0.25, 0.3) is 0 Å². The molecule has 0 fully saturated rings. The van der Waals surface area contributed by atoms with E-state index in [1.165, 1.54) is 19.2 Å². The Hall–Kier alpha value is -2.62. The van der Waals surface area contributed by atoms with Crippen LogP contribution >= 0.6 is 11.6 Å². The first-order valence-electron chi connectivity index (χ1n) is 9.61. The number of nitrogens with one attached hydrogen (secondary N) is 2. The molecule has 2 aromatic carbocycles. The number of para-hydroxylation sites is 1. The Kier molecular flexibility index (Phi) is 8.85. The van der Waals surface area contributed by atoms with Gasteiger partial charge in [-0.05, 0) is 42.8 Å². The number of nitrogens with zero attached hydrogens (tertiary/aromatic N) is 1. The summed E-state index contributed by atoms with van der Waals surface area (Å²) < 4.78 is 31.0. The molecular weight excluding hydrogens is 442 g/mol. The molecule has 0 radical (unpaired) electrons. The van der Waals surface area contributed by atoms with E-state index < -0.39 is 22.0 Å². The number of benzene rings is 2. The van der Waals surface area contributed by atoms with Gasteiger partial charge < -0.3 is 15.4 Å². The molecule has 0 spiro atoms. The second-order valence-corrected chi connectivity index (χ2v) is 9.04. The summed E-state index contributed by atoms with van der Waals surface area (Å²) in [6, 6.07) is 11.7. The third kappa shape index (κ3) is 6.68. The molecule has 0 bridgehead atoms. The van der Waals surface area contributed by atoms with Crippen molar-refractivity contribution in [3.05, 3.63) is 59.1 Å². The number of ether oxygens (including phenoxy) is 1. The van der Waals surface area contributed by atoms with Gasteiger partial charge in [-0.2, -0.15) is 0 Å². The van der Waals surface area contributed by atoms with Crippen LogP contribution in [0.3, 0.4) is 0 Å². The SMILES string of the molecule is CC[C@@H](C(=O)Nc1ccccc1C(=O)NCCOC)N(c1ccc(Cl)cc1)S(C)(=O)=O. The van der Waals surface area contributed by atoms with E-state index in [4.69, 9.17) is 16.3 Å². The monoisotopic (exact) mass is 467 g/mol. The number of rotatable bonds is 10. The zero-order valence-corrected chi connectivity index (χ0v) is 19.2. The second-order valence-electron chi connectivity index (χ2n) is 6.74. The van der Waals surface area contributed by atoms with Gasteiger partial charge in [0.25, 0.3) is 5.91 Å². The standard InChI is InChI=1S/C21H26ClN3O5S/c1-4-19(25(31(3,28)29)16-11-9-15(22)10-12-16)21(27)24-18-8-6-5-7-17(18)20(26)23-13-14-30-2/h5-12,19H,4,13-14H2,1-3H3,(H,23,26)(H,24,27)/t19-/m0/s1. The zero-order chi connectivity index (χ0) is 23.0. The van der Waals surface area contributed by atoms with Crippen molar-refractivity contribution in [2.75, 3.05) is 36.1 Å².